The Labute approximate surface area is 225 Å². The van der Waals surface area contributed by atoms with Gasteiger partial charge in [0.25, 0.3) is 0 Å². The van der Waals surface area contributed by atoms with Crippen molar-refractivity contribution >= 4 is 11.5 Å². The first-order chi connectivity index (χ1) is 18.6. The molecule has 4 nitrogen and oxygen atoms in total. The quantitative estimate of drug-likeness (QED) is 0.293. The van der Waals surface area contributed by atoms with Gasteiger partial charge in [-0.25, -0.2) is 5.06 Å². The van der Waals surface area contributed by atoms with Gasteiger partial charge in [0.15, 0.2) is 11.4 Å². The number of hydrogen-bond acceptors (Lipinski definition) is 4. The SMILES string of the molecule is Cc1ccc([C@H]2[C@@H](c3ccccc3)[C@@]3(CN([C@H](C)c4ccccc4)CCC3=O)ON2c2ccccc2)cc1. The molecule has 2 aliphatic rings. The molecule has 2 fully saturated rings. The Bertz CT molecular complexity index is 1370. The van der Waals surface area contributed by atoms with Gasteiger partial charge in [0.05, 0.1) is 17.6 Å². The largest absolute Gasteiger partial charge is 0.296 e. The number of piperidine rings is 1. The van der Waals surface area contributed by atoms with Crippen LogP contribution in [-0.2, 0) is 9.63 Å². The van der Waals surface area contributed by atoms with E-state index in [9.17, 15) is 4.79 Å². The van der Waals surface area contributed by atoms with E-state index in [0.717, 1.165) is 23.4 Å². The van der Waals surface area contributed by atoms with E-state index in [1.807, 2.05) is 35.4 Å². The van der Waals surface area contributed by atoms with Crippen LogP contribution >= 0.6 is 0 Å². The number of likely N-dealkylation sites (tertiary alicyclic amines) is 1. The number of rotatable bonds is 5. The molecular formula is C34H34N2O2. The molecule has 0 bridgehead atoms. The lowest BCUT2D eigenvalue weighted by atomic mass is 9.71. The van der Waals surface area contributed by atoms with Crippen LogP contribution in [0.5, 0.6) is 0 Å². The summed E-state index contributed by atoms with van der Waals surface area (Å²) in [7, 11) is 0. The fraction of sp³-hybridized carbons (Fsp3) is 0.265. The van der Waals surface area contributed by atoms with Crippen molar-refractivity contribution in [3.63, 3.8) is 0 Å². The van der Waals surface area contributed by atoms with E-state index in [1.165, 1.54) is 11.1 Å². The van der Waals surface area contributed by atoms with Gasteiger partial charge in [-0.3, -0.25) is 14.5 Å². The Balaban J connectivity index is 1.50. The first-order valence-electron chi connectivity index (χ1n) is 13.5. The Hall–Kier alpha value is -3.73. The van der Waals surface area contributed by atoms with Gasteiger partial charge in [-0.1, -0.05) is 109 Å². The van der Waals surface area contributed by atoms with Crippen LogP contribution in [0.15, 0.2) is 115 Å². The molecule has 0 radical (unpaired) electrons. The first-order valence-corrected chi connectivity index (χ1v) is 13.5. The number of hydrogen-bond donors (Lipinski definition) is 0. The zero-order valence-electron chi connectivity index (χ0n) is 22.0. The van der Waals surface area contributed by atoms with Crippen molar-refractivity contribution in [2.45, 2.75) is 43.9 Å². The number of ketones is 1. The Morgan fingerprint density at radius 3 is 2.05 bits per heavy atom. The van der Waals surface area contributed by atoms with E-state index in [0.29, 0.717) is 13.0 Å². The highest BCUT2D eigenvalue weighted by Gasteiger charge is 2.61. The minimum absolute atomic E-state index is 0.156. The highest BCUT2D eigenvalue weighted by atomic mass is 16.7. The fourth-order valence-corrected chi connectivity index (χ4v) is 6.22. The maximum absolute atomic E-state index is 14.1. The number of aryl methyl sites for hydroxylation is 1. The molecule has 0 amide bonds. The molecule has 4 aromatic carbocycles. The third-order valence-corrected chi connectivity index (χ3v) is 8.29. The van der Waals surface area contributed by atoms with Gasteiger partial charge in [-0.15, -0.1) is 0 Å². The number of anilines is 1. The summed E-state index contributed by atoms with van der Waals surface area (Å²) in [5, 5.41) is 2.01. The van der Waals surface area contributed by atoms with Crippen molar-refractivity contribution in [3.05, 3.63) is 138 Å². The third-order valence-electron chi connectivity index (χ3n) is 8.29. The van der Waals surface area contributed by atoms with E-state index in [4.69, 9.17) is 4.84 Å². The van der Waals surface area contributed by atoms with Crippen molar-refractivity contribution in [3.8, 4) is 0 Å². The van der Waals surface area contributed by atoms with Crippen LogP contribution in [0.4, 0.5) is 5.69 Å². The Kier molecular flexibility index (Phi) is 6.61. The highest BCUT2D eigenvalue weighted by Crippen LogP contribution is 2.55. The lowest BCUT2D eigenvalue weighted by molar-refractivity contribution is -0.151. The fourth-order valence-electron chi connectivity index (χ4n) is 6.22. The predicted molar refractivity (Wildman–Crippen MR) is 152 cm³/mol. The monoisotopic (exact) mass is 502 g/mol. The molecule has 6 rings (SSSR count). The lowest BCUT2D eigenvalue weighted by Gasteiger charge is -2.43. The van der Waals surface area contributed by atoms with Gasteiger partial charge >= 0.3 is 0 Å². The predicted octanol–water partition coefficient (Wildman–Crippen LogP) is 7.05. The topological polar surface area (TPSA) is 32.8 Å². The highest BCUT2D eigenvalue weighted by molar-refractivity contribution is 5.91. The van der Waals surface area contributed by atoms with Gasteiger partial charge in [-0.2, -0.15) is 0 Å². The van der Waals surface area contributed by atoms with Crippen LogP contribution in [0.1, 0.15) is 53.6 Å². The van der Waals surface area contributed by atoms with Crippen LogP contribution in [0, 0.1) is 6.92 Å². The second-order valence-corrected chi connectivity index (χ2v) is 10.6. The van der Waals surface area contributed by atoms with Gasteiger partial charge in [0.2, 0.25) is 0 Å². The van der Waals surface area contributed by atoms with Gasteiger partial charge in [0, 0.05) is 25.6 Å². The van der Waals surface area contributed by atoms with Crippen LogP contribution in [-0.4, -0.2) is 29.4 Å². The number of para-hydroxylation sites is 1. The molecule has 2 saturated heterocycles. The van der Waals surface area contributed by atoms with Gasteiger partial charge in [0.1, 0.15) is 0 Å². The average molecular weight is 503 g/mol. The molecule has 38 heavy (non-hydrogen) atoms. The van der Waals surface area contributed by atoms with Crippen molar-refractivity contribution in [1.29, 1.82) is 0 Å². The van der Waals surface area contributed by atoms with Crippen LogP contribution < -0.4 is 5.06 Å². The third kappa shape index (κ3) is 4.34. The first kappa shape index (κ1) is 24.6. The number of nitrogens with zero attached hydrogens (tertiary/aromatic N) is 2. The molecule has 0 unspecified atom stereocenters. The minimum Gasteiger partial charge on any atom is -0.296 e. The second-order valence-electron chi connectivity index (χ2n) is 10.6. The summed E-state index contributed by atoms with van der Waals surface area (Å²) in [5.41, 5.74) is 4.68. The standard InChI is InChI=1S/C34H34N2O2/c1-25-18-20-29(21-19-25)33-32(28-14-8-4-9-15-28)34(38-36(33)30-16-10-5-11-17-30)24-35(23-22-31(34)37)26(2)27-12-6-3-7-13-27/h3-21,26,32-33H,22-24H2,1-2H3/t26-,32-,33+,34+/m1/s1. The number of hydroxylamine groups is 1. The summed E-state index contributed by atoms with van der Waals surface area (Å²) in [6, 6.07) is 39.9. The normalized spacial score (nSPS) is 24.6. The van der Waals surface area contributed by atoms with Crippen molar-refractivity contribution in [2.75, 3.05) is 18.2 Å². The van der Waals surface area contributed by atoms with Crippen molar-refractivity contribution in [2.24, 2.45) is 0 Å². The van der Waals surface area contributed by atoms with E-state index < -0.39 is 5.60 Å². The summed E-state index contributed by atoms with van der Waals surface area (Å²) in [5.74, 6) is 0.00305. The maximum atomic E-state index is 14.1. The molecule has 2 heterocycles. The minimum atomic E-state index is -1.01. The van der Waals surface area contributed by atoms with Crippen LogP contribution in [0.2, 0.25) is 0 Å². The zero-order valence-corrected chi connectivity index (χ0v) is 22.0. The maximum Gasteiger partial charge on any atom is 0.176 e. The van der Waals surface area contributed by atoms with Crippen molar-refractivity contribution < 1.29 is 9.63 Å². The van der Waals surface area contributed by atoms with Gasteiger partial charge in [-0.05, 0) is 42.7 Å². The molecule has 0 aliphatic carbocycles. The van der Waals surface area contributed by atoms with Crippen LogP contribution in [0.25, 0.3) is 0 Å². The van der Waals surface area contributed by atoms with E-state index in [2.05, 4.69) is 104 Å². The number of carbonyl (C=O) groups excluding carboxylic acids is 1. The molecule has 192 valence electrons. The molecule has 2 aliphatic heterocycles. The molecule has 0 saturated carbocycles. The Morgan fingerprint density at radius 1 is 0.789 bits per heavy atom. The summed E-state index contributed by atoms with van der Waals surface area (Å²) in [4.78, 5) is 23.6. The summed E-state index contributed by atoms with van der Waals surface area (Å²) in [6.07, 6.45) is 0.462. The number of benzene rings is 4. The molecular weight excluding hydrogens is 468 g/mol. The molecule has 0 aromatic heterocycles. The molecule has 4 aromatic rings. The second kappa shape index (κ2) is 10.2. The van der Waals surface area contributed by atoms with Gasteiger partial charge < -0.3 is 0 Å². The summed E-state index contributed by atoms with van der Waals surface area (Å²) < 4.78 is 0. The van der Waals surface area contributed by atoms with E-state index >= 15 is 0 Å². The molecule has 4 heteroatoms. The zero-order chi connectivity index (χ0) is 26.1. The van der Waals surface area contributed by atoms with E-state index in [1.54, 1.807) is 0 Å². The Morgan fingerprint density at radius 2 is 1.39 bits per heavy atom. The summed E-state index contributed by atoms with van der Waals surface area (Å²) in [6.45, 7) is 5.60. The van der Waals surface area contributed by atoms with Crippen molar-refractivity contribution in [1.82, 2.24) is 4.90 Å². The molecule has 1 spiro atoms. The number of carbonyl (C=O) groups is 1. The van der Waals surface area contributed by atoms with Crippen LogP contribution in [0.3, 0.4) is 0 Å². The smallest absolute Gasteiger partial charge is 0.176 e. The average Bonchev–Trinajstić information content (AvgIpc) is 3.31. The molecule has 4 atom stereocenters. The lowest BCUT2D eigenvalue weighted by Crippen LogP contribution is -2.58. The van der Waals surface area contributed by atoms with E-state index in [-0.39, 0.29) is 23.8 Å². The molecule has 0 N–H and O–H groups in total. The summed E-state index contributed by atoms with van der Waals surface area (Å²) >= 11 is 0. The number of Topliss-reactive ketones (excluding diaryl/α,β-unsaturated/α-hetero) is 1.